The quantitative estimate of drug-likeness (QED) is 0.693. The lowest BCUT2D eigenvalue weighted by molar-refractivity contribution is 0.199. The van der Waals surface area contributed by atoms with E-state index in [4.69, 9.17) is 0 Å². The van der Waals surface area contributed by atoms with Crippen LogP contribution in [0.25, 0.3) is 0 Å². The van der Waals surface area contributed by atoms with Gasteiger partial charge in [-0.25, -0.2) is 0 Å². The van der Waals surface area contributed by atoms with E-state index in [2.05, 4.69) is 57.4 Å². The summed E-state index contributed by atoms with van der Waals surface area (Å²) in [7, 11) is 0. The van der Waals surface area contributed by atoms with Crippen LogP contribution in [0.1, 0.15) is 44.9 Å². The molecule has 26 heavy (non-hydrogen) atoms. The minimum atomic E-state index is 0.531. The molecule has 0 amide bonds. The lowest BCUT2D eigenvalue weighted by Gasteiger charge is -2.33. The molecule has 3 aliphatic heterocycles. The molecule has 0 aromatic carbocycles. The number of fused-ring (bicyclic) bond motifs is 2. The van der Waals surface area contributed by atoms with Crippen LogP contribution in [0.3, 0.4) is 0 Å². The Hall–Kier alpha value is -1.32. The second-order valence-electron chi connectivity index (χ2n) is 8.29. The van der Waals surface area contributed by atoms with E-state index < -0.39 is 0 Å². The SMILES string of the molecule is C1=CC2=CCCCN(CCCCN3CCCN4C=CCCC4C3)C2C=C1. The van der Waals surface area contributed by atoms with Crippen LogP contribution in [-0.4, -0.2) is 66.1 Å². The summed E-state index contributed by atoms with van der Waals surface area (Å²) in [6.07, 6.45) is 25.4. The molecule has 1 aliphatic carbocycles. The first-order valence-corrected chi connectivity index (χ1v) is 10.8. The van der Waals surface area contributed by atoms with E-state index in [1.54, 1.807) is 0 Å². The third-order valence-electron chi connectivity index (χ3n) is 6.42. The van der Waals surface area contributed by atoms with E-state index in [0.29, 0.717) is 6.04 Å². The first kappa shape index (κ1) is 18.1. The minimum Gasteiger partial charge on any atom is -0.373 e. The van der Waals surface area contributed by atoms with Crippen molar-refractivity contribution in [1.82, 2.24) is 14.7 Å². The van der Waals surface area contributed by atoms with Crippen molar-refractivity contribution in [1.29, 1.82) is 0 Å². The van der Waals surface area contributed by atoms with Gasteiger partial charge in [0.25, 0.3) is 0 Å². The molecule has 3 nitrogen and oxygen atoms in total. The topological polar surface area (TPSA) is 9.72 Å². The first-order chi connectivity index (χ1) is 12.9. The maximum Gasteiger partial charge on any atom is 0.0531 e. The van der Waals surface area contributed by atoms with E-state index >= 15 is 0 Å². The average molecular weight is 354 g/mol. The summed E-state index contributed by atoms with van der Waals surface area (Å²) in [5.74, 6) is 0. The summed E-state index contributed by atoms with van der Waals surface area (Å²) >= 11 is 0. The maximum atomic E-state index is 2.74. The fourth-order valence-corrected chi connectivity index (χ4v) is 4.98. The highest BCUT2D eigenvalue weighted by Gasteiger charge is 2.24. The third-order valence-corrected chi connectivity index (χ3v) is 6.42. The van der Waals surface area contributed by atoms with Gasteiger partial charge in [0, 0.05) is 19.1 Å². The Morgan fingerprint density at radius 3 is 2.92 bits per heavy atom. The van der Waals surface area contributed by atoms with Crippen molar-refractivity contribution in [2.75, 3.05) is 39.3 Å². The Balaban J connectivity index is 1.22. The summed E-state index contributed by atoms with van der Waals surface area (Å²) in [5.41, 5.74) is 1.52. The zero-order chi connectivity index (χ0) is 17.6. The molecular formula is C23H35N3. The second kappa shape index (κ2) is 9.05. The summed E-state index contributed by atoms with van der Waals surface area (Å²) in [6, 6.07) is 1.29. The molecular weight excluding hydrogens is 318 g/mol. The van der Waals surface area contributed by atoms with Crippen LogP contribution in [0.4, 0.5) is 0 Å². The molecule has 1 fully saturated rings. The van der Waals surface area contributed by atoms with Gasteiger partial charge in [-0.1, -0.05) is 36.5 Å². The molecule has 0 aromatic heterocycles. The van der Waals surface area contributed by atoms with Crippen molar-refractivity contribution in [2.45, 2.75) is 57.0 Å². The third kappa shape index (κ3) is 4.50. The molecule has 0 bridgehead atoms. The maximum absolute atomic E-state index is 2.74. The van der Waals surface area contributed by atoms with E-state index in [9.17, 15) is 0 Å². The molecule has 0 N–H and O–H groups in total. The standard InChI is InChI=1S/C23H35N3/c1-2-13-23-21(10-1)11-3-5-17-26(23)18-8-7-14-24-15-9-19-25-16-6-4-12-22(25)20-24/h1-2,6,10-11,13,16,22-23H,3-5,7-9,12,14-15,17-20H2. The van der Waals surface area contributed by atoms with Crippen molar-refractivity contribution in [3.8, 4) is 0 Å². The minimum absolute atomic E-state index is 0.531. The fraction of sp³-hybridized carbons (Fsp3) is 0.652. The van der Waals surface area contributed by atoms with E-state index in [0.717, 1.165) is 6.04 Å². The highest BCUT2D eigenvalue weighted by Crippen LogP contribution is 2.23. The molecule has 2 atom stereocenters. The molecule has 4 rings (SSSR count). The monoisotopic (exact) mass is 353 g/mol. The lowest BCUT2D eigenvalue weighted by atomic mass is 10.0. The van der Waals surface area contributed by atoms with Gasteiger partial charge >= 0.3 is 0 Å². The van der Waals surface area contributed by atoms with Crippen molar-refractivity contribution >= 4 is 0 Å². The van der Waals surface area contributed by atoms with Crippen molar-refractivity contribution in [3.05, 3.63) is 48.2 Å². The van der Waals surface area contributed by atoms with Crippen molar-refractivity contribution in [2.24, 2.45) is 0 Å². The van der Waals surface area contributed by atoms with E-state index in [1.807, 2.05) is 0 Å². The highest BCUT2D eigenvalue weighted by atomic mass is 15.2. The normalized spacial score (nSPS) is 29.7. The second-order valence-corrected chi connectivity index (χ2v) is 8.29. The summed E-state index contributed by atoms with van der Waals surface area (Å²) in [4.78, 5) is 8.04. The smallest absolute Gasteiger partial charge is 0.0531 e. The van der Waals surface area contributed by atoms with Crippen LogP contribution in [-0.2, 0) is 0 Å². The van der Waals surface area contributed by atoms with Gasteiger partial charge < -0.3 is 9.80 Å². The average Bonchev–Trinajstić information content (AvgIpc) is 3.01. The van der Waals surface area contributed by atoms with Crippen LogP contribution in [0.5, 0.6) is 0 Å². The molecule has 2 unspecified atom stereocenters. The van der Waals surface area contributed by atoms with Gasteiger partial charge in [-0.3, -0.25) is 4.90 Å². The molecule has 1 saturated heterocycles. The molecule has 0 radical (unpaired) electrons. The van der Waals surface area contributed by atoms with Crippen LogP contribution >= 0.6 is 0 Å². The van der Waals surface area contributed by atoms with Gasteiger partial charge in [0.1, 0.15) is 0 Å². The van der Waals surface area contributed by atoms with Crippen molar-refractivity contribution < 1.29 is 0 Å². The Kier molecular flexibility index (Phi) is 6.29. The zero-order valence-corrected chi connectivity index (χ0v) is 16.2. The highest BCUT2D eigenvalue weighted by molar-refractivity contribution is 5.36. The van der Waals surface area contributed by atoms with Gasteiger partial charge in [0.15, 0.2) is 0 Å². The molecule has 0 saturated carbocycles. The summed E-state index contributed by atoms with van der Waals surface area (Å²) in [5, 5.41) is 0. The van der Waals surface area contributed by atoms with Crippen LogP contribution in [0.2, 0.25) is 0 Å². The van der Waals surface area contributed by atoms with Gasteiger partial charge in [-0.2, -0.15) is 0 Å². The number of allylic oxidation sites excluding steroid dienone is 4. The largest absolute Gasteiger partial charge is 0.373 e. The van der Waals surface area contributed by atoms with Gasteiger partial charge in [-0.05, 0) is 82.9 Å². The van der Waals surface area contributed by atoms with Crippen molar-refractivity contribution in [3.63, 3.8) is 0 Å². The van der Waals surface area contributed by atoms with Crippen LogP contribution in [0.15, 0.2) is 48.2 Å². The molecule has 142 valence electrons. The van der Waals surface area contributed by atoms with Crippen LogP contribution in [0, 0.1) is 0 Å². The molecule has 4 aliphatic rings. The Bertz CT molecular complexity index is 574. The molecule has 3 heterocycles. The van der Waals surface area contributed by atoms with E-state index in [-0.39, 0.29) is 0 Å². The van der Waals surface area contributed by atoms with Gasteiger partial charge in [0.05, 0.1) is 6.04 Å². The lowest BCUT2D eigenvalue weighted by Crippen LogP contribution is -2.40. The molecule has 0 aromatic rings. The zero-order valence-electron chi connectivity index (χ0n) is 16.2. The van der Waals surface area contributed by atoms with E-state index in [1.165, 1.54) is 89.8 Å². The fourth-order valence-electron chi connectivity index (χ4n) is 4.98. The Labute approximate surface area is 159 Å². The Morgan fingerprint density at radius 2 is 1.92 bits per heavy atom. The van der Waals surface area contributed by atoms with Gasteiger partial charge in [0.2, 0.25) is 0 Å². The molecule has 3 heteroatoms. The van der Waals surface area contributed by atoms with Crippen LogP contribution < -0.4 is 0 Å². The Morgan fingerprint density at radius 1 is 0.962 bits per heavy atom. The predicted molar refractivity (Wildman–Crippen MR) is 110 cm³/mol. The number of unbranched alkanes of at least 4 members (excludes halogenated alkanes) is 1. The molecule has 0 spiro atoms. The first-order valence-electron chi connectivity index (χ1n) is 10.8. The number of hydrogen-bond acceptors (Lipinski definition) is 3. The summed E-state index contributed by atoms with van der Waals surface area (Å²) < 4.78 is 0. The number of rotatable bonds is 5. The number of hydrogen-bond donors (Lipinski definition) is 0. The summed E-state index contributed by atoms with van der Waals surface area (Å²) in [6.45, 7) is 7.58. The number of nitrogens with zero attached hydrogens (tertiary/aromatic N) is 3. The van der Waals surface area contributed by atoms with Gasteiger partial charge in [-0.15, -0.1) is 0 Å². The predicted octanol–water partition coefficient (Wildman–Crippen LogP) is 3.97.